The van der Waals surface area contributed by atoms with Crippen molar-refractivity contribution in [1.29, 1.82) is 0 Å². The molecule has 0 radical (unpaired) electrons. The summed E-state index contributed by atoms with van der Waals surface area (Å²) in [6, 6.07) is 22.1. The summed E-state index contributed by atoms with van der Waals surface area (Å²) >= 11 is 0. The molecule has 0 spiro atoms. The quantitative estimate of drug-likeness (QED) is 0.724. The number of hydrogen-bond acceptors (Lipinski definition) is 0. The van der Waals surface area contributed by atoms with Gasteiger partial charge in [0.05, 0.1) is 30.2 Å². The molecule has 0 aromatic heterocycles. The minimum absolute atomic E-state index is 0.724. The van der Waals surface area contributed by atoms with Crippen LogP contribution in [0.1, 0.15) is 20.3 Å². The van der Waals surface area contributed by atoms with Crippen molar-refractivity contribution in [2.24, 2.45) is 0 Å². The van der Waals surface area contributed by atoms with Crippen LogP contribution in [0.2, 0.25) is 0 Å². The van der Waals surface area contributed by atoms with Gasteiger partial charge in [-0.1, -0.05) is 43.3 Å². The fourth-order valence-electron chi connectivity index (χ4n) is 2.50. The zero-order valence-electron chi connectivity index (χ0n) is 11.5. The van der Waals surface area contributed by atoms with Crippen LogP contribution in [0.4, 0.5) is 0 Å². The lowest BCUT2D eigenvalue weighted by atomic mass is 10.3. The third-order valence-corrected chi connectivity index (χ3v) is 8.93. The average molecular weight is 257 g/mol. The molecule has 0 aliphatic rings. The van der Waals surface area contributed by atoms with Crippen molar-refractivity contribution < 1.29 is 0 Å². The Morgan fingerprint density at radius 2 is 1.22 bits per heavy atom. The van der Waals surface area contributed by atoms with Crippen LogP contribution in [0.5, 0.6) is 0 Å². The molecule has 1 unspecified atom stereocenters. The van der Waals surface area contributed by atoms with Gasteiger partial charge in [-0.05, 0) is 37.6 Å². The zero-order chi connectivity index (χ0) is 13.0. The van der Waals surface area contributed by atoms with Crippen molar-refractivity contribution in [2.75, 3.05) is 6.66 Å². The molecule has 18 heavy (non-hydrogen) atoms. The van der Waals surface area contributed by atoms with Crippen molar-refractivity contribution >= 4 is 17.9 Å². The molecule has 0 bridgehead atoms. The summed E-state index contributed by atoms with van der Waals surface area (Å²) in [5, 5.41) is 3.04. The van der Waals surface area contributed by atoms with Crippen LogP contribution < -0.4 is 10.6 Å². The molecule has 0 N–H and O–H groups in total. The normalized spacial score (nSPS) is 13.3. The van der Waals surface area contributed by atoms with Crippen molar-refractivity contribution in [3.05, 3.63) is 60.7 Å². The van der Waals surface area contributed by atoms with Crippen molar-refractivity contribution in [3.63, 3.8) is 0 Å². The Hall–Kier alpha value is -1.13. The fraction of sp³-hybridized carbons (Fsp3) is 0.294. The largest absolute Gasteiger partial charge is 0.0991 e. The predicted octanol–water partition coefficient (Wildman–Crippen LogP) is 4.08. The van der Waals surface area contributed by atoms with Crippen LogP contribution in [-0.4, -0.2) is 12.3 Å². The molecule has 0 amide bonds. The SMILES string of the molecule is CCC(C)[P+](C)(c1ccccc1)c1ccccc1. The lowest BCUT2D eigenvalue weighted by Crippen LogP contribution is -2.28. The van der Waals surface area contributed by atoms with E-state index < -0.39 is 7.26 Å². The second kappa shape index (κ2) is 5.67. The monoisotopic (exact) mass is 257 g/mol. The van der Waals surface area contributed by atoms with Crippen LogP contribution in [0.25, 0.3) is 0 Å². The van der Waals surface area contributed by atoms with Gasteiger partial charge in [-0.2, -0.15) is 0 Å². The van der Waals surface area contributed by atoms with Gasteiger partial charge in [-0.25, -0.2) is 0 Å². The minimum Gasteiger partial charge on any atom is -0.0620 e. The van der Waals surface area contributed by atoms with Gasteiger partial charge in [0.1, 0.15) is 0 Å². The first-order valence-corrected chi connectivity index (χ1v) is 8.97. The molecule has 0 aliphatic carbocycles. The highest BCUT2D eigenvalue weighted by Gasteiger charge is 2.41. The molecule has 0 nitrogen and oxygen atoms in total. The van der Waals surface area contributed by atoms with Crippen LogP contribution in [0.15, 0.2) is 60.7 Å². The van der Waals surface area contributed by atoms with E-state index in [1.807, 2.05) is 0 Å². The lowest BCUT2D eigenvalue weighted by molar-refractivity contribution is 0.891. The highest BCUT2D eigenvalue weighted by atomic mass is 31.2. The van der Waals surface area contributed by atoms with Gasteiger partial charge in [0.15, 0.2) is 0 Å². The molecule has 1 atom stereocenters. The smallest absolute Gasteiger partial charge is 0.0620 e. The molecule has 0 aliphatic heterocycles. The first-order chi connectivity index (χ1) is 8.69. The van der Waals surface area contributed by atoms with E-state index in [1.165, 1.54) is 17.0 Å². The van der Waals surface area contributed by atoms with Gasteiger partial charge >= 0.3 is 0 Å². The molecule has 94 valence electrons. The van der Waals surface area contributed by atoms with E-state index in [-0.39, 0.29) is 0 Å². The van der Waals surface area contributed by atoms with E-state index in [4.69, 9.17) is 0 Å². The molecule has 0 saturated heterocycles. The van der Waals surface area contributed by atoms with E-state index >= 15 is 0 Å². The molecule has 2 aromatic carbocycles. The maximum atomic E-state index is 2.48. The van der Waals surface area contributed by atoms with E-state index in [0.29, 0.717) is 0 Å². The Balaban J connectivity index is 2.55. The third-order valence-electron chi connectivity index (χ3n) is 4.06. The molecular formula is C17H22P+. The van der Waals surface area contributed by atoms with Crippen LogP contribution in [0, 0.1) is 0 Å². The van der Waals surface area contributed by atoms with Gasteiger partial charge < -0.3 is 0 Å². The first-order valence-electron chi connectivity index (χ1n) is 6.67. The van der Waals surface area contributed by atoms with Crippen molar-refractivity contribution in [1.82, 2.24) is 0 Å². The van der Waals surface area contributed by atoms with Gasteiger partial charge in [0.2, 0.25) is 0 Å². The Labute approximate surface area is 111 Å². The zero-order valence-corrected chi connectivity index (χ0v) is 12.4. The average Bonchev–Trinajstić information content (AvgIpc) is 2.47. The number of benzene rings is 2. The van der Waals surface area contributed by atoms with Gasteiger partial charge in [-0.15, -0.1) is 0 Å². The minimum atomic E-state index is -1.27. The lowest BCUT2D eigenvalue weighted by Gasteiger charge is -2.28. The standard InChI is InChI=1S/C17H22P/c1-4-15(2)18(3,16-11-7-5-8-12-16)17-13-9-6-10-14-17/h5-15H,4H2,1-3H3/q+1. The number of rotatable bonds is 4. The van der Waals surface area contributed by atoms with E-state index in [9.17, 15) is 0 Å². The van der Waals surface area contributed by atoms with Crippen LogP contribution in [0.3, 0.4) is 0 Å². The van der Waals surface area contributed by atoms with Crippen molar-refractivity contribution in [3.8, 4) is 0 Å². The predicted molar refractivity (Wildman–Crippen MR) is 84.7 cm³/mol. The molecule has 0 heterocycles. The second-order valence-corrected chi connectivity index (χ2v) is 9.07. The summed E-state index contributed by atoms with van der Waals surface area (Å²) in [7, 11) is -1.27. The second-order valence-electron chi connectivity index (χ2n) is 5.00. The Morgan fingerprint density at radius 3 is 1.56 bits per heavy atom. The summed E-state index contributed by atoms with van der Waals surface area (Å²) in [6.45, 7) is 7.18. The topological polar surface area (TPSA) is 0 Å². The molecule has 2 rings (SSSR count). The number of hydrogen-bond donors (Lipinski definition) is 0. The van der Waals surface area contributed by atoms with Crippen molar-refractivity contribution in [2.45, 2.75) is 25.9 Å². The van der Waals surface area contributed by atoms with Gasteiger partial charge in [-0.3, -0.25) is 0 Å². The molecule has 2 aromatic rings. The third kappa shape index (κ3) is 2.35. The van der Waals surface area contributed by atoms with E-state index in [0.717, 1.165) is 5.66 Å². The fourth-order valence-corrected chi connectivity index (χ4v) is 6.13. The summed E-state index contributed by atoms with van der Waals surface area (Å²) in [5.74, 6) is 0. The molecule has 0 fully saturated rings. The van der Waals surface area contributed by atoms with E-state index in [2.05, 4.69) is 81.2 Å². The summed E-state index contributed by atoms with van der Waals surface area (Å²) in [4.78, 5) is 0. The molecular weight excluding hydrogens is 235 g/mol. The van der Waals surface area contributed by atoms with Gasteiger partial charge in [0.25, 0.3) is 0 Å². The van der Waals surface area contributed by atoms with Crippen LogP contribution >= 0.6 is 7.26 Å². The maximum absolute atomic E-state index is 2.48. The maximum Gasteiger partial charge on any atom is 0.0991 e. The molecule has 1 heteroatoms. The summed E-state index contributed by atoms with van der Waals surface area (Å²) < 4.78 is 0. The van der Waals surface area contributed by atoms with E-state index in [1.54, 1.807) is 0 Å². The summed E-state index contributed by atoms with van der Waals surface area (Å²) in [6.07, 6.45) is 1.23. The Bertz CT molecular complexity index is 436. The Morgan fingerprint density at radius 1 is 0.833 bits per heavy atom. The highest BCUT2D eigenvalue weighted by Crippen LogP contribution is 2.58. The molecule has 0 saturated carbocycles. The highest BCUT2D eigenvalue weighted by molar-refractivity contribution is 7.89. The first kappa shape index (κ1) is 13.3. The summed E-state index contributed by atoms with van der Waals surface area (Å²) in [5.41, 5.74) is 0.724. The van der Waals surface area contributed by atoms with Crippen LogP contribution in [-0.2, 0) is 0 Å². The van der Waals surface area contributed by atoms with Gasteiger partial charge in [0, 0.05) is 0 Å². The Kier molecular flexibility index (Phi) is 4.19.